The predicted octanol–water partition coefficient (Wildman–Crippen LogP) is 4.15. The Morgan fingerprint density at radius 1 is 0.345 bits per heavy atom. The van der Waals surface area contributed by atoms with Crippen molar-refractivity contribution in [3.8, 4) is 40.2 Å². The Morgan fingerprint density at radius 2 is 0.690 bits per heavy atom. The summed E-state index contributed by atoms with van der Waals surface area (Å²) in [4.78, 5) is 0. The summed E-state index contributed by atoms with van der Waals surface area (Å²) in [5, 5.41) is 63.6. The second kappa shape index (κ2) is 9.61. The lowest BCUT2D eigenvalue weighted by molar-refractivity contribution is 0.368. The lowest BCUT2D eigenvalue weighted by atomic mass is 10.1. The lowest BCUT2D eigenvalue weighted by Gasteiger charge is -2.00. The summed E-state index contributed by atoms with van der Waals surface area (Å²) in [6, 6.07) is 20.8. The van der Waals surface area contributed by atoms with Gasteiger partial charge in [0.05, 0.1) is 0 Å². The third-order valence-corrected chi connectivity index (χ3v) is 3.72. The summed E-state index contributed by atoms with van der Waals surface area (Å²) in [5.74, 6) is -1.40. The number of para-hydroxylation sites is 3. The van der Waals surface area contributed by atoms with Gasteiger partial charge in [0.2, 0.25) is 0 Å². The van der Waals surface area contributed by atoms with Crippen LogP contribution in [0.3, 0.4) is 0 Å². The lowest BCUT2D eigenvalue weighted by Crippen LogP contribution is -1.72. The van der Waals surface area contributed by atoms with Gasteiger partial charge in [-0.2, -0.15) is 0 Å². The molecule has 7 nitrogen and oxygen atoms in total. The molecule has 0 amide bonds. The van der Waals surface area contributed by atoms with Gasteiger partial charge >= 0.3 is 0 Å². The van der Waals surface area contributed by atoms with Gasteiger partial charge in [0.25, 0.3) is 0 Å². The average molecular weight is 396 g/mol. The first-order valence-electron chi connectivity index (χ1n) is 8.37. The van der Waals surface area contributed by atoms with Gasteiger partial charge in [-0.15, -0.1) is 0 Å². The number of hydrogen-bond acceptors (Lipinski definition) is 7. The summed E-state index contributed by atoms with van der Waals surface area (Å²) in [6.45, 7) is 0. The molecule has 29 heavy (non-hydrogen) atoms. The summed E-state index contributed by atoms with van der Waals surface area (Å²) < 4.78 is 0. The third kappa shape index (κ3) is 5.86. The van der Waals surface area contributed by atoms with Crippen LogP contribution >= 0.6 is 0 Å². The highest BCUT2D eigenvalue weighted by molar-refractivity contribution is 5.85. The molecule has 0 radical (unpaired) electrons. The smallest absolute Gasteiger partial charge is 0.200 e. The molecule has 0 heterocycles. The van der Waals surface area contributed by atoms with E-state index in [0.29, 0.717) is 0 Å². The van der Waals surface area contributed by atoms with E-state index in [2.05, 4.69) is 0 Å². The van der Waals surface area contributed by atoms with Gasteiger partial charge in [-0.05, 0) is 47.2 Å². The molecule has 0 saturated carbocycles. The minimum absolute atomic E-state index is 0.0753. The van der Waals surface area contributed by atoms with E-state index in [1.165, 1.54) is 30.3 Å². The van der Waals surface area contributed by atoms with Crippen molar-refractivity contribution < 1.29 is 35.7 Å². The number of phenolic OH excluding ortho intramolecular Hbond substituents is 7. The zero-order chi connectivity index (χ0) is 21.4. The number of aromatic hydroxyl groups is 7. The van der Waals surface area contributed by atoms with E-state index in [1.54, 1.807) is 24.3 Å². The van der Waals surface area contributed by atoms with Gasteiger partial charge in [-0.3, -0.25) is 0 Å². The van der Waals surface area contributed by atoms with E-state index in [0.717, 1.165) is 10.8 Å². The molecule has 0 aliphatic heterocycles. The van der Waals surface area contributed by atoms with Gasteiger partial charge in [-0.1, -0.05) is 42.5 Å². The van der Waals surface area contributed by atoms with Gasteiger partial charge in [0.15, 0.2) is 40.2 Å². The van der Waals surface area contributed by atoms with Crippen molar-refractivity contribution in [1.29, 1.82) is 0 Å². The van der Waals surface area contributed by atoms with Crippen LogP contribution in [0.4, 0.5) is 0 Å². The molecule has 0 spiro atoms. The SMILES string of the molecule is Oc1cc2ccccc2cc1O.Oc1cccc(O)c1O.Oc1ccccc1O. The van der Waals surface area contributed by atoms with Crippen LogP contribution in [0, 0.1) is 0 Å². The van der Waals surface area contributed by atoms with E-state index in [4.69, 9.17) is 35.7 Å². The third-order valence-electron chi connectivity index (χ3n) is 3.72. The molecule has 7 N–H and O–H groups in total. The Labute approximate surface area is 166 Å². The molecule has 7 heteroatoms. The molecule has 0 atom stereocenters. The molecule has 0 unspecified atom stereocenters. The highest BCUT2D eigenvalue weighted by Gasteiger charge is 2.01. The Kier molecular flexibility index (Phi) is 6.97. The van der Waals surface area contributed by atoms with Crippen molar-refractivity contribution in [2.45, 2.75) is 0 Å². The van der Waals surface area contributed by atoms with Gasteiger partial charge in [-0.25, -0.2) is 0 Å². The standard InChI is InChI=1S/C10H8O2.C6H6O3.C6H6O2/c11-9-5-7-3-1-2-4-8(7)6-10(9)12;7-4-2-1-3-5(8)6(4)9;7-5-3-1-2-4-6(5)8/h1-6,11-12H;1-3,7-9H;1-4,7-8H. The summed E-state index contributed by atoms with van der Waals surface area (Å²) in [7, 11) is 0. The van der Waals surface area contributed by atoms with Crippen molar-refractivity contribution >= 4 is 10.8 Å². The van der Waals surface area contributed by atoms with Crippen LogP contribution in [0.15, 0.2) is 78.9 Å². The molecule has 0 fully saturated rings. The molecule has 0 aromatic heterocycles. The average Bonchev–Trinajstić information content (AvgIpc) is 2.70. The molecule has 4 aromatic rings. The molecule has 4 aromatic carbocycles. The van der Waals surface area contributed by atoms with E-state index in [1.807, 2.05) is 24.3 Å². The number of fused-ring (bicyclic) bond motifs is 1. The molecule has 0 saturated heterocycles. The summed E-state index contributed by atoms with van der Waals surface area (Å²) in [6.07, 6.45) is 0. The normalized spacial score (nSPS) is 9.66. The fraction of sp³-hybridized carbons (Fsp3) is 0. The highest BCUT2D eigenvalue weighted by Crippen LogP contribution is 2.33. The molecular weight excluding hydrogens is 376 g/mol. The molecule has 4 rings (SSSR count). The van der Waals surface area contributed by atoms with Crippen LogP contribution in [0.1, 0.15) is 0 Å². The van der Waals surface area contributed by atoms with Gasteiger partial charge < -0.3 is 35.7 Å². The maximum Gasteiger partial charge on any atom is 0.200 e. The van der Waals surface area contributed by atoms with Crippen molar-refractivity contribution in [1.82, 2.24) is 0 Å². The first-order chi connectivity index (χ1) is 13.8. The van der Waals surface area contributed by atoms with Crippen molar-refractivity contribution in [3.05, 3.63) is 78.9 Å². The van der Waals surface area contributed by atoms with E-state index >= 15 is 0 Å². The first kappa shape index (κ1) is 21.0. The van der Waals surface area contributed by atoms with Crippen LogP contribution < -0.4 is 0 Å². The monoisotopic (exact) mass is 396 g/mol. The first-order valence-corrected chi connectivity index (χ1v) is 8.37. The largest absolute Gasteiger partial charge is 0.504 e. The predicted molar refractivity (Wildman–Crippen MR) is 108 cm³/mol. The second-order valence-corrected chi connectivity index (χ2v) is 5.82. The minimum Gasteiger partial charge on any atom is -0.504 e. The zero-order valence-electron chi connectivity index (χ0n) is 15.1. The van der Waals surface area contributed by atoms with Crippen molar-refractivity contribution in [3.63, 3.8) is 0 Å². The Bertz CT molecular complexity index is 1010. The van der Waals surface area contributed by atoms with Crippen molar-refractivity contribution in [2.75, 3.05) is 0 Å². The summed E-state index contributed by atoms with van der Waals surface area (Å²) >= 11 is 0. The van der Waals surface area contributed by atoms with E-state index < -0.39 is 5.75 Å². The maximum absolute atomic E-state index is 9.17. The molecule has 0 aliphatic rings. The van der Waals surface area contributed by atoms with E-state index in [9.17, 15) is 0 Å². The van der Waals surface area contributed by atoms with Gasteiger partial charge in [0, 0.05) is 0 Å². The molecule has 150 valence electrons. The van der Waals surface area contributed by atoms with Crippen LogP contribution in [0.2, 0.25) is 0 Å². The maximum atomic E-state index is 9.17. The Morgan fingerprint density at radius 3 is 1.03 bits per heavy atom. The fourth-order valence-electron chi connectivity index (χ4n) is 2.20. The second-order valence-electron chi connectivity index (χ2n) is 5.82. The molecule has 0 bridgehead atoms. The van der Waals surface area contributed by atoms with Crippen molar-refractivity contribution in [2.24, 2.45) is 0 Å². The highest BCUT2D eigenvalue weighted by atomic mass is 16.3. The number of rotatable bonds is 0. The molecular formula is C22H20O7. The van der Waals surface area contributed by atoms with Crippen LogP contribution in [-0.2, 0) is 0 Å². The zero-order valence-corrected chi connectivity index (χ0v) is 15.1. The Hall–Kier alpha value is -4.26. The molecule has 0 aliphatic carbocycles. The quantitative estimate of drug-likeness (QED) is 0.221. The number of benzene rings is 4. The Balaban J connectivity index is 0.000000160. The number of hydrogen-bond donors (Lipinski definition) is 7. The van der Waals surface area contributed by atoms with Crippen LogP contribution in [0.25, 0.3) is 10.8 Å². The number of phenols is 7. The topological polar surface area (TPSA) is 142 Å². The minimum atomic E-state index is -0.475. The van der Waals surface area contributed by atoms with Crippen LogP contribution in [-0.4, -0.2) is 35.7 Å². The van der Waals surface area contributed by atoms with Crippen LogP contribution in [0.5, 0.6) is 40.2 Å². The fourth-order valence-corrected chi connectivity index (χ4v) is 2.20. The van der Waals surface area contributed by atoms with Gasteiger partial charge in [0.1, 0.15) is 0 Å². The van der Waals surface area contributed by atoms with E-state index in [-0.39, 0.29) is 34.5 Å². The summed E-state index contributed by atoms with van der Waals surface area (Å²) in [5.41, 5.74) is 0.